The van der Waals surface area contributed by atoms with Crippen LogP contribution in [0.3, 0.4) is 0 Å². The van der Waals surface area contributed by atoms with E-state index in [1.165, 1.54) is 0 Å². The second-order valence-corrected chi connectivity index (χ2v) is 6.12. The number of hydrogen-bond donors (Lipinski definition) is 1. The molecule has 0 bridgehead atoms. The van der Waals surface area contributed by atoms with E-state index in [4.69, 9.17) is 0 Å². The van der Waals surface area contributed by atoms with Crippen LogP contribution in [0.2, 0.25) is 0 Å². The maximum absolute atomic E-state index is 4.57. The van der Waals surface area contributed by atoms with Crippen LogP contribution in [-0.4, -0.2) is 60.7 Å². The summed E-state index contributed by atoms with van der Waals surface area (Å²) in [6.07, 6.45) is 4.24. The molecular formula is C14H28N6S. The number of nitrogens with one attached hydrogen (secondary N) is 1. The minimum atomic E-state index is 0.427. The fourth-order valence-corrected chi connectivity index (χ4v) is 2.73. The average Bonchev–Trinajstić information content (AvgIpc) is 2.49. The van der Waals surface area contributed by atoms with Crippen molar-refractivity contribution in [2.75, 3.05) is 54.8 Å². The van der Waals surface area contributed by atoms with Crippen molar-refractivity contribution in [2.45, 2.75) is 32.7 Å². The van der Waals surface area contributed by atoms with Crippen molar-refractivity contribution in [3.63, 3.8) is 0 Å². The highest BCUT2D eigenvalue weighted by Gasteiger charge is 2.18. The first-order chi connectivity index (χ1) is 10.0. The standard InChI is InChI=1S/C14H28N6S/c1-7-9-15-12-16-13(19(3)4)18-14(17-12)20(5)11(8-2)10-21-6/h11H,7-10H2,1-6H3,(H,15,16,17,18). The predicted molar refractivity (Wildman–Crippen MR) is 93.8 cm³/mol. The summed E-state index contributed by atoms with van der Waals surface area (Å²) < 4.78 is 0. The van der Waals surface area contributed by atoms with E-state index in [1.54, 1.807) is 0 Å². The third-order valence-corrected chi connectivity index (χ3v) is 3.96. The number of aromatic nitrogens is 3. The van der Waals surface area contributed by atoms with Crippen LogP contribution in [0.15, 0.2) is 0 Å². The summed E-state index contributed by atoms with van der Waals surface area (Å²) in [7, 11) is 5.95. The van der Waals surface area contributed by atoms with Crippen molar-refractivity contribution < 1.29 is 0 Å². The van der Waals surface area contributed by atoms with Crippen molar-refractivity contribution >= 4 is 29.6 Å². The Hall–Kier alpha value is -1.24. The van der Waals surface area contributed by atoms with Crippen LogP contribution in [0.5, 0.6) is 0 Å². The van der Waals surface area contributed by atoms with Crippen molar-refractivity contribution in [3.05, 3.63) is 0 Å². The lowest BCUT2D eigenvalue weighted by atomic mass is 10.2. The second-order valence-electron chi connectivity index (χ2n) is 5.21. The highest BCUT2D eigenvalue weighted by molar-refractivity contribution is 7.98. The van der Waals surface area contributed by atoms with E-state index in [2.05, 4.69) is 52.3 Å². The Labute approximate surface area is 132 Å². The first-order valence-corrected chi connectivity index (χ1v) is 8.81. The van der Waals surface area contributed by atoms with Gasteiger partial charge in [-0.1, -0.05) is 13.8 Å². The largest absolute Gasteiger partial charge is 0.354 e. The molecule has 0 saturated carbocycles. The Morgan fingerprint density at radius 3 is 2.29 bits per heavy atom. The zero-order valence-corrected chi connectivity index (χ0v) is 14.9. The van der Waals surface area contributed by atoms with E-state index >= 15 is 0 Å². The molecule has 120 valence electrons. The van der Waals surface area contributed by atoms with Crippen LogP contribution in [0.4, 0.5) is 17.8 Å². The molecule has 7 heteroatoms. The molecule has 1 N–H and O–H groups in total. The summed E-state index contributed by atoms with van der Waals surface area (Å²) in [4.78, 5) is 17.6. The third kappa shape index (κ3) is 5.22. The molecule has 0 aromatic carbocycles. The van der Waals surface area contributed by atoms with Gasteiger partial charge in [-0.2, -0.15) is 26.7 Å². The average molecular weight is 312 g/mol. The summed E-state index contributed by atoms with van der Waals surface area (Å²) >= 11 is 1.85. The van der Waals surface area contributed by atoms with Gasteiger partial charge in [-0.3, -0.25) is 0 Å². The molecule has 0 aliphatic heterocycles. The third-order valence-electron chi connectivity index (χ3n) is 3.24. The Bertz CT molecular complexity index is 426. The predicted octanol–water partition coefficient (Wildman–Crippen LogP) is 2.34. The molecule has 0 amide bonds. The normalized spacial score (nSPS) is 12.1. The van der Waals surface area contributed by atoms with Crippen LogP contribution in [-0.2, 0) is 0 Å². The lowest BCUT2D eigenvalue weighted by Gasteiger charge is -2.27. The van der Waals surface area contributed by atoms with E-state index in [0.717, 1.165) is 31.1 Å². The molecule has 0 radical (unpaired) electrons. The zero-order valence-electron chi connectivity index (χ0n) is 14.1. The maximum Gasteiger partial charge on any atom is 0.231 e. The first-order valence-electron chi connectivity index (χ1n) is 7.42. The van der Waals surface area contributed by atoms with E-state index in [1.807, 2.05) is 30.8 Å². The zero-order chi connectivity index (χ0) is 15.8. The Kier molecular flexibility index (Phi) is 7.56. The van der Waals surface area contributed by atoms with Crippen LogP contribution in [0, 0.1) is 0 Å². The monoisotopic (exact) mass is 312 g/mol. The van der Waals surface area contributed by atoms with Gasteiger partial charge < -0.3 is 15.1 Å². The number of thioether (sulfide) groups is 1. The quantitative estimate of drug-likeness (QED) is 0.751. The summed E-state index contributed by atoms with van der Waals surface area (Å²) in [5.74, 6) is 3.13. The Morgan fingerprint density at radius 1 is 1.10 bits per heavy atom. The summed E-state index contributed by atoms with van der Waals surface area (Å²) in [6.45, 7) is 5.18. The van der Waals surface area contributed by atoms with Gasteiger partial charge in [-0.25, -0.2) is 0 Å². The molecule has 1 atom stereocenters. The van der Waals surface area contributed by atoms with Crippen molar-refractivity contribution in [3.8, 4) is 0 Å². The maximum atomic E-state index is 4.57. The van der Waals surface area contributed by atoms with E-state index in [9.17, 15) is 0 Å². The molecule has 0 aliphatic carbocycles. The topological polar surface area (TPSA) is 57.2 Å². The molecule has 0 aliphatic rings. The molecule has 1 rings (SSSR count). The highest BCUT2D eigenvalue weighted by Crippen LogP contribution is 2.18. The molecule has 6 nitrogen and oxygen atoms in total. The summed E-state index contributed by atoms with van der Waals surface area (Å²) in [5.41, 5.74) is 0. The van der Waals surface area contributed by atoms with Gasteiger partial charge in [0.25, 0.3) is 0 Å². The molecule has 21 heavy (non-hydrogen) atoms. The lowest BCUT2D eigenvalue weighted by Crippen LogP contribution is -2.35. The first kappa shape index (κ1) is 17.8. The van der Waals surface area contributed by atoms with Gasteiger partial charge >= 0.3 is 0 Å². The van der Waals surface area contributed by atoms with Crippen LogP contribution >= 0.6 is 11.8 Å². The summed E-state index contributed by atoms with van der Waals surface area (Å²) in [6, 6.07) is 0.427. The molecule has 0 fully saturated rings. The molecule has 1 aromatic heterocycles. The van der Waals surface area contributed by atoms with Gasteiger partial charge in [0.1, 0.15) is 0 Å². The molecule has 1 aromatic rings. The minimum Gasteiger partial charge on any atom is -0.354 e. The van der Waals surface area contributed by atoms with E-state index in [-0.39, 0.29) is 0 Å². The SMILES string of the molecule is CCCNc1nc(N(C)C)nc(N(C)C(CC)CSC)n1. The van der Waals surface area contributed by atoms with Gasteiger partial charge in [0.05, 0.1) is 0 Å². The van der Waals surface area contributed by atoms with Gasteiger partial charge in [-0.15, -0.1) is 0 Å². The van der Waals surface area contributed by atoms with Gasteiger partial charge in [0.15, 0.2) is 0 Å². The minimum absolute atomic E-state index is 0.427. The Morgan fingerprint density at radius 2 is 1.76 bits per heavy atom. The molecule has 0 spiro atoms. The lowest BCUT2D eigenvalue weighted by molar-refractivity contribution is 0.655. The van der Waals surface area contributed by atoms with Gasteiger partial charge in [0, 0.05) is 39.5 Å². The van der Waals surface area contributed by atoms with Crippen molar-refractivity contribution in [1.29, 1.82) is 0 Å². The van der Waals surface area contributed by atoms with Crippen LogP contribution < -0.4 is 15.1 Å². The van der Waals surface area contributed by atoms with Crippen molar-refractivity contribution in [2.24, 2.45) is 0 Å². The van der Waals surface area contributed by atoms with Crippen LogP contribution in [0.25, 0.3) is 0 Å². The van der Waals surface area contributed by atoms with E-state index in [0.29, 0.717) is 17.9 Å². The highest BCUT2D eigenvalue weighted by atomic mass is 32.2. The van der Waals surface area contributed by atoms with Crippen molar-refractivity contribution in [1.82, 2.24) is 15.0 Å². The van der Waals surface area contributed by atoms with Gasteiger partial charge in [-0.05, 0) is 19.1 Å². The number of hydrogen-bond acceptors (Lipinski definition) is 7. The van der Waals surface area contributed by atoms with Gasteiger partial charge in [0.2, 0.25) is 17.8 Å². The molecule has 1 heterocycles. The number of nitrogens with zero attached hydrogens (tertiary/aromatic N) is 5. The molecule has 0 saturated heterocycles. The number of anilines is 3. The fourth-order valence-electron chi connectivity index (χ4n) is 1.89. The van der Waals surface area contributed by atoms with Crippen LogP contribution in [0.1, 0.15) is 26.7 Å². The molecular weight excluding hydrogens is 284 g/mol. The molecule has 1 unspecified atom stereocenters. The smallest absolute Gasteiger partial charge is 0.231 e. The Balaban J connectivity index is 3.05. The second kappa shape index (κ2) is 8.92. The number of rotatable bonds is 9. The summed E-state index contributed by atoms with van der Waals surface area (Å²) in [5, 5.41) is 3.25. The fraction of sp³-hybridized carbons (Fsp3) is 0.786. The van der Waals surface area contributed by atoms with E-state index < -0.39 is 0 Å².